The van der Waals surface area contributed by atoms with E-state index in [9.17, 15) is 0 Å². The number of nitrogens with zero attached hydrogens (tertiary/aromatic N) is 1. The Kier molecular flexibility index (Phi) is 3.74. The molecule has 2 aromatic rings. The van der Waals surface area contributed by atoms with E-state index in [4.69, 9.17) is 0 Å². The number of nitrogens with one attached hydrogen (secondary N) is 1. The normalized spacial score (nSPS) is 12.9. The largest absolute Gasteiger partial charge is 0.303 e. The number of hydrogen-bond donors (Lipinski definition) is 1. The molecule has 0 saturated heterocycles. The van der Waals surface area contributed by atoms with Gasteiger partial charge < -0.3 is 5.32 Å². The molecule has 2 aromatic heterocycles. The molecule has 1 unspecified atom stereocenters. The van der Waals surface area contributed by atoms with Crippen molar-refractivity contribution in [2.75, 3.05) is 0 Å². The van der Waals surface area contributed by atoms with Crippen LogP contribution in [0.15, 0.2) is 17.6 Å². The lowest BCUT2D eigenvalue weighted by Crippen LogP contribution is -2.17. The predicted molar refractivity (Wildman–Crippen MR) is 71.2 cm³/mol. The van der Waals surface area contributed by atoms with Gasteiger partial charge in [-0.3, -0.25) is 0 Å². The third-order valence-corrected chi connectivity index (χ3v) is 4.73. The Labute approximate surface area is 104 Å². The maximum atomic E-state index is 4.31. The number of aromatic nitrogens is 1. The van der Waals surface area contributed by atoms with E-state index < -0.39 is 0 Å². The molecule has 0 radical (unpaired) electrons. The average molecular weight is 252 g/mol. The quantitative estimate of drug-likeness (QED) is 0.898. The van der Waals surface area contributed by atoms with E-state index in [1.807, 2.05) is 22.9 Å². The van der Waals surface area contributed by atoms with Crippen molar-refractivity contribution in [3.63, 3.8) is 0 Å². The topological polar surface area (TPSA) is 24.9 Å². The number of hydrogen-bond acceptors (Lipinski definition) is 4. The van der Waals surface area contributed by atoms with Crippen LogP contribution >= 0.6 is 22.7 Å². The first-order valence-electron chi connectivity index (χ1n) is 5.35. The van der Waals surface area contributed by atoms with Gasteiger partial charge in [-0.2, -0.15) is 0 Å². The highest BCUT2D eigenvalue weighted by atomic mass is 32.1. The monoisotopic (exact) mass is 252 g/mol. The van der Waals surface area contributed by atoms with Crippen molar-refractivity contribution >= 4 is 22.7 Å². The van der Waals surface area contributed by atoms with Crippen LogP contribution in [0.25, 0.3) is 0 Å². The number of aryl methyl sites for hydroxylation is 2. The molecule has 2 rings (SSSR count). The van der Waals surface area contributed by atoms with Gasteiger partial charge in [-0.15, -0.1) is 22.7 Å². The van der Waals surface area contributed by atoms with E-state index in [1.54, 1.807) is 11.3 Å². The summed E-state index contributed by atoms with van der Waals surface area (Å²) in [5, 5.41) is 6.68. The van der Waals surface area contributed by atoms with Crippen LogP contribution in [0.5, 0.6) is 0 Å². The molecule has 0 fully saturated rings. The van der Waals surface area contributed by atoms with Gasteiger partial charge in [-0.25, -0.2) is 4.98 Å². The Morgan fingerprint density at radius 3 is 2.81 bits per heavy atom. The van der Waals surface area contributed by atoms with Crippen LogP contribution in [0.2, 0.25) is 0 Å². The fraction of sp³-hybridized carbons (Fsp3) is 0.417. The molecule has 1 N–H and O–H groups in total. The molecule has 0 aliphatic rings. The summed E-state index contributed by atoms with van der Waals surface area (Å²) in [4.78, 5) is 7.13. The van der Waals surface area contributed by atoms with Gasteiger partial charge in [-0.05, 0) is 32.4 Å². The van der Waals surface area contributed by atoms with Gasteiger partial charge in [0.1, 0.15) is 5.01 Å². The molecule has 16 heavy (non-hydrogen) atoms. The summed E-state index contributed by atoms with van der Waals surface area (Å²) < 4.78 is 0. The molecule has 1 atom stereocenters. The standard InChI is InChI=1S/C12H16N2S2/c1-8-6-11(16-10(8)3)7-14-9(2)12-13-4-5-15-12/h4-6,9,14H,7H2,1-3H3. The molecule has 0 aromatic carbocycles. The van der Waals surface area contributed by atoms with E-state index in [-0.39, 0.29) is 0 Å². The van der Waals surface area contributed by atoms with Crippen molar-refractivity contribution in [1.29, 1.82) is 0 Å². The summed E-state index contributed by atoms with van der Waals surface area (Å²) in [7, 11) is 0. The fourth-order valence-corrected chi connectivity index (χ4v) is 3.20. The first-order valence-corrected chi connectivity index (χ1v) is 7.05. The first kappa shape index (κ1) is 11.8. The SMILES string of the molecule is Cc1cc(CNC(C)c2nccs2)sc1C. The summed E-state index contributed by atoms with van der Waals surface area (Å²) in [5.74, 6) is 0. The van der Waals surface area contributed by atoms with Crippen molar-refractivity contribution in [2.24, 2.45) is 0 Å². The average Bonchev–Trinajstić information content (AvgIpc) is 2.86. The van der Waals surface area contributed by atoms with Gasteiger partial charge in [0.15, 0.2) is 0 Å². The summed E-state index contributed by atoms with van der Waals surface area (Å²) in [6.45, 7) is 7.43. The second-order valence-corrected chi connectivity index (χ2v) is 6.19. The number of thiazole rings is 1. The van der Waals surface area contributed by atoms with Gasteiger partial charge in [0.2, 0.25) is 0 Å². The molecular weight excluding hydrogens is 236 g/mol. The van der Waals surface area contributed by atoms with Crippen molar-refractivity contribution in [2.45, 2.75) is 33.4 Å². The van der Waals surface area contributed by atoms with E-state index >= 15 is 0 Å². The highest BCUT2D eigenvalue weighted by molar-refractivity contribution is 7.12. The highest BCUT2D eigenvalue weighted by Crippen LogP contribution is 2.22. The van der Waals surface area contributed by atoms with E-state index in [0.717, 1.165) is 11.6 Å². The van der Waals surface area contributed by atoms with Crippen LogP contribution in [0.3, 0.4) is 0 Å². The summed E-state index contributed by atoms with van der Waals surface area (Å²) in [5.41, 5.74) is 1.39. The first-order chi connectivity index (χ1) is 7.66. The van der Waals surface area contributed by atoms with E-state index in [2.05, 4.69) is 37.1 Å². The number of rotatable bonds is 4. The summed E-state index contributed by atoms with van der Waals surface area (Å²) in [6.07, 6.45) is 1.86. The third-order valence-electron chi connectivity index (χ3n) is 2.62. The van der Waals surface area contributed by atoms with Gasteiger partial charge in [0, 0.05) is 27.9 Å². The summed E-state index contributed by atoms with van der Waals surface area (Å²) in [6, 6.07) is 2.60. The van der Waals surface area contributed by atoms with Crippen LogP contribution < -0.4 is 5.32 Å². The Balaban J connectivity index is 1.92. The molecule has 86 valence electrons. The van der Waals surface area contributed by atoms with E-state index in [1.165, 1.54) is 15.3 Å². The highest BCUT2D eigenvalue weighted by Gasteiger charge is 2.08. The molecule has 4 heteroatoms. The van der Waals surface area contributed by atoms with Crippen molar-refractivity contribution < 1.29 is 0 Å². The molecule has 0 amide bonds. The minimum atomic E-state index is 0.336. The molecular formula is C12H16N2S2. The molecule has 0 spiro atoms. The van der Waals surface area contributed by atoms with E-state index in [0.29, 0.717) is 6.04 Å². The van der Waals surface area contributed by atoms with Crippen LogP contribution in [0.4, 0.5) is 0 Å². The van der Waals surface area contributed by atoms with Crippen LogP contribution in [-0.4, -0.2) is 4.98 Å². The Morgan fingerprint density at radius 2 is 2.25 bits per heavy atom. The zero-order valence-electron chi connectivity index (χ0n) is 9.78. The van der Waals surface area contributed by atoms with Crippen molar-refractivity contribution in [1.82, 2.24) is 10.3 Å². The molecule has 0 saturated carbocycles. The van der Waals surface area contributed by atoms with Crippen LogP contribution in [-0.2, 0) is 6.54 Å². The van der Waals surface area contributed by atoms with Gasteiger partial charge in [0.25, 0.3) is 0 Å². The smallest absolute Gasteiger partial charge is 0.109 e. The summed E-state index contributed by atoms with van der Waals surface area (Å²) >= 11 is 3.58. The zero-order chi connectivity index (χ0) is 11.5. The second-order valence-electron chi connectivity index (χ2n) is 3.92. The minimum absolute atomic E-state index is 0.336. The fourth-order valence-electron chi connectivity index (χ4n) is 1.53. The molecule has 2 heterocycles. The van der Waals surface area contributed by atoms with Gasteiger partial charge in [0.05, 0.1) is 6.04 Å². The predicted octanol–water partition coefficient (Wildman–Crippen LogP) is 3.67. The molecule has 0 aliphatic heterocycles. The molecule has 0 bridgehead atoms. The van der Waals surface area contributed by atoms with Crippen molar-refractivity contribution in [3.05, 3.63) is 38.0 Å². The van der Waals surface area contributed by atoms with Gasteiger partial charge >= 0.3 is 0 Å². The van der Waals surface area contributed by atoms with Crippen molar-refractivity contribution in [3.8, 4) is 0 Å². The Hall–Kier alpha value is -0.710. The van der Waals surface area contributed by atoms with Gasteiger partial charge in [-0.1, -0.05) is 0 Å². The zero-order valence-corrected chi connectivity index (χ0v) is 11.4. The molecule has 0 aliphatic carbocycles. The third kappa shape index (κ3) is 2.70. The maximum absolute atomic E-state index is 4.31. The van der Waals surface area contributed by atoms with Crippen LogP contribution in [0.1, 0.15) is 33.3 Å². The Morgan fingerprint density at radius 1 is 1.44 bits per heavy atom. The lowest BCUT2D eigenvalue weighted by Gasteiger charge is -2.09. The lowest BCUT2D eigenvalue weighted by molar-refractivity contribution is 0.576. The minimum Gasteiger partial charge on any atom is -0.303 e. The maximum Gasteiger partial charge on any atom is 0.109 e. The second kappa shape index (κ2) is 5.08. The molecule has 2 nitrogen and oxygen atoms in total. The number of thiophene rings is 1. The van der Waals surface area contributed by atoms with Crippen LogP contribution in [0, 0.1) is 13.8 Å². The lowest BCUT2D eigenvalue weighted by atomic mass is 10.3. The Bertz CT molecular complexity index is 426.